The maximum atomic E-state index is 13.4. The number of carbonyl (C=O) groups is 1. The predicted octanol–water partition coefficient (Wildman–Crippen LogP) is 2.09. The third kappa shape index (κ3) is 3.57. The second kappa shape index (κ2) is 4.93. The van der Waals surface area contributed by atoms with Crippen molar-refractivity contribution in [1.29, 1.82) is 0 Å². The lowest BCUT2D eigenvalue weighted by molar-refractivity contribution is 0.0692. The largest absolute Gasteiger partial charge is 0.389 e. The van der Waals surface area contributed by atoms with Crippen LogP contribution in [-0.2, 0) is 0 Å². The highest BCUT2D eigenvalue weighted by Crippen LogP contribution is 2.19. The number of amides is 1. The Hall–Kier alpha value is -0.940. The molecule has 3 nitrogen and oxygen atoms in total. The summed E-state index contributed by atoms with van der Waals surface area (Å²) in [6.45, 7) is 3.18. The van der Waals surface area contributed by atoms with Gasteiger partial charge in [-0.2, -0.15) is 0 Å². The van der Waals surface area contributed by atoms with Crippen LogP contribution in [0.1, 0.15) is 24.2 Å². The van der Waals surface area contributed by atoms with E-state index in [2.05, 4.69) is 21.2 Å². The van der Waals surface area contributed by atoms with Crippen molar-refractivity contribution in [3.8, 4) is 0 Å². The van der Waals surface area contributed by atoms with Gasteiger partial charge in [-0.3, -0.25) is 4.79 Å². The summed E-state index contributed by atoms with van der Waals surface area (Å²) in [7, 11) is 0. The van der Waals surface area contributed by atoms with E-state index >= 15 is 0 Å². The first kappa shape index (κ1) is 13.1. The summed E-state index contributed by atoms with van der Waals surface area (Å²) < 4.78 is 13.8. The summed E-state index contributed by atoms with van der Waals surface area (Å²) in [5.74, 6) is -1.14. The van der Waals surface area contributed by atoms with Gasteiger partial charge in [0.1, 0.15) is 5.82 Å². The van der Waals surface area contributed by atoms with Gasteiger partial charge in [-0.1, -0.05) is 6.07 Å². The molecule has 0 aliphatic heterocycles. The number of hydrogen-bond donors (Lipinski definition) is 2. The van der Waals surface area contributed by atoms with E-state index in [0.29, 0.717) is 4.47 Å². The van der Waals surface area contributed by atoms with Gasteiger partial charge >= 0.3 is 0 Å². The standard InChI is InChI=1S/C11H13BrFNO2/c1-11(2,16)6-14-10(15)9-7(12)4-3-5-8(9)13/h3-5,16H,6H2,1-2H3,(H,14,15). The van der Waals surface area contributed by atoms with Crippen LogP contribution in [0.15, 0.2) is 22.7 Å². The molecule has 2 N–H and O–H groups in total. The lowest BCUT2D eigenvalue weighted by Crippen LogP contribution is -2.38. The van der Waals surface area contributed by atoms with E-state index in [4.69, 9.17) is 0 Å². The Balaban J connectivity index is 2.81. The van der Waals surface area contributed by atoms with Gasteiger partial charge in [0.25, 0.3) is 5.91 Å². The van der Waals surface area contributed by atoms with Crippen molar-refractivity contribution in [3.63, 3.8) is 0 Å². The van der Waals surface area contributed by atoms with Crippen molar-refractivity contribution in [1.82, 2.24) is 5.32 Å². The smallest absolute Gasteiger partial charge is 0.255 e. The van der Waals surface area contributed by atoms with Gasteiger partial charge < -0.3 is 10.4 Å². The maximum Gasteiger partial charge on any atom is 0.255 e. The highest BCUT2D eigenvalue weighted by atomic mass is 79.9. The van der Waals surface area contributed by atoms with E-state index in [1.807, 2.05) is 0 Å². The predicted molar refractivity (Wildman–Crippen MR) is 62.7 cm³/mol. The summed E-state index contributed by atoms with van der Waals surface area (Å²) in [5, 5.41) is 11.9. The monoisotopic (exact) mass is 289 g/mol. The topological polar surface area (TPSA) is 49.3 Å². The normalized spacial score (nSPS) is 11.3. The number of nitrogens with one attached hydrogen (secondary N) is 1. The fraction of sp³-hybridized carbons (Fsp3) is 0.364. The van der Waals surface area contributed by atoms with Crippen molar-refractivity contribution in [3.05, 3.63) is 34.1 Å². The zero-order valence-electron chi connectivity index (χ0n) is 9.05. The molecule has 0 saturated carbocycles. The number of halogens is 2. The molecule has 1 rings (SSSR count). The molecule has 0 atom stereocenters. The van der Waals surface area contributed by atoms with Crippen molar-refractivity contribution in [2.75, 3.05) is 6.54 Å². The summed E-state index contributed by atoms with van der Waals surface area (Å²) in [5.41, 5.74) is -1.07. The zero-order chi connectivity index (χ0) is 12.3. The van der Waals surface area contributed by atoms with Crippen LogP contribution in [0.4, 0.5) is 4.39 Å². The summed E-state index contributed by atoms with van der Waals surface area (Å²) in [6.07, 6.45) is 0. The Bertz CT molecular complexity index is 381. The second-order valence-electron chi connectivity index (χ2n) is 4.09. The molecule has 0 aliphatic carbocycles. The van der Waals surface area contributed by atoms with E-state index in [-0.39, 0.29) is 12.1 Å². The van der Waals surface area contributed by atoms with Gasteiger partial charge in [0, 0.05) is 11.0 Å². The van der Waals surface area contributed by atoms with E-state index in [1.54, 1.807) is 19.9 Å². The van der Waals surface area contributed by atoms with Gasteiger partial charge in [-0.15, -0.1) is 0 Å². The van der Waals surface area contributed by atoms with Gasteiger partial charge in [0.15, 0.2) is 0 Å². The zero-order valence-corrected chi connectivity index (χ0v) is 10.6. The minimum absolute atomic E-state index is 0.0493. The third-order valence-corrected chi connectivity index (χ3v) is 2.53. The number of benzene rings is 1. The van der Waals surface area contributed by atoms with Crippen LogP contribution in [0.25, 0.3) is 0 Å². The van der Waals surface area contributed by atoms with Crippen molar-refractivity contribution < 1.29 is 14.3 Å². The highest BCUT2D eigenvalue weighted by Gasteiger charge is 2.18. The molecule has 0 spiro atoms. The van der Waals surface area contributed by atoms with Crippen LogP contribution >= 0.6 is 15.9 Å². The Morgan fingerprint density at radius 3 is 2.69 bits per heavy atom. The Kier molecular flexibility index (Phi) is 4.04. The molecule has 0 radical (unpaired) electrons. The van der Waals surface area contributed by atoms with Crippen LogP contribution in [0, 0.1) is 5.82 Å². The molecule has 0 bridgehead atoms. The third-order valence-electron chi connectivity index (χ3n) is 1.87. The molecular formula is C11H13BrFNO2. The minimum atomic E-state index is -1.02. The van der Waals surface area contributed by atoms with Crippen LogP contribution in [0.2, 0.25) is 0 Å². The number of aliphatic hydroxyl groups is 1. The molecule has 1 aromatic rings. The van der Waals surface area contributed by atoms with Crippen molar-refractivity contribution in [2.45, 2.75) is 19.4 Å². The second-order valence-corrected chi connectivity index (χ2v) is 4.95. The molecular weight excluding hydrogens is 277 g/mol. The molecule has 0 aromatic heterocycles. The maximum absolute atomic E-state index is 13.4. The minimum Gasteiger partial charge on any atom is -0.389 e. The first-order valence-corrected chi connectivity index (χ1v) is 5.55. The van der Waals surface area contributed by atoms with Crippen molar-refractivity contribution >= 4 is 21.8 Å². The highest BCUT2D eigenvalue weighted by molar-refractivity contribution is 9.10. The van der Waals surface area contributed by atoms with E-state index in [1.165, 1.54) is 12.1 Å². The van der Waals surface area contributed by atoms with Gasteiger partial charge in [-0.05, 0) is 41.9 Å². The number of hydrogen-bond acceptors (Lipinski definition) is 2. The average molecular weight is 290 g/mol. The van der Waals surface area contributed by atoms with E-state index in [0.717, 1.165) is 0 Å². The lowest BCUT2D eigenvalue weighted by Gasteiger charge is -2.18. The first-order valence-electron chi connectivity index (χ1n) is 4.76. The fourth-order valence-electron chi connectivity index (χ4n) is 1.10. The van der Waals surface area contributed by atoms with Gasteiger partial charge in [0.05, 0.1) is 11.2 Å². The Labute approximate surface area is 102 Å². The molecule has 0 aliphatic rings. The first-order chi connectivity index (χ1) is 7.31. The van der Waals surface area contributed by atoms with Gasteiger partial charge in [-0.25, -0.2) is 4.39 Å². The summed E-state index contributed by atoms with van der Waals surface area (Å²) in [4.78, 5) is 11.6. The van der Waals surface area contributed by atoms with E-state index in [9.17, 15) is 14.3 Å². The molecule has 88 valence electrons. The summed E-state index contributed by atoms with van der Waals surface area (Å²) in [6, 6.07) is 4.30. The number of rotatable bonds is 3. The summed E-state index contributed by atoms with van der Waals surface area (Å²) >= 11 is 3.10. The quantitative estimate of drug-likeness (QED) is 0.895. The van der Waals surface area contributed by atoms with Crippen LogP contribution in [-0.4, -0.2) is 23.2 Å². The molecule has 16 heavy (non-hydrogen) atoms. The molecule has 0 saturated heterocycles. The van der Waals surface area contributed by atoms with Crippen molar-refractivity contribution in [2.24, 2.45) is 0 Å². The average Bonchev–Trinajstić information content (AvgIpc) is 2.13. The van der Waals surface area contributed by atoms with Crippen LogP contribution in [0.3, 0.4) is 0 Å². The molecule has 0 fully saturated rings. The Morgan fingerprint density at radius 2 is 2.19 bits per heavy atom. The molecule has 0 heterocycles. The van der Waals surface area contributed by atoms with E-state index < -0.39 is 17.3 Å². The number of carbonyl (C=O) groups excluding carboxylic acids is 1. The van der Waals surface area contributed by atoms with Crippen LogP contribution in [0.5, 0.6) is 0 Å². The molecule has 1 aromatic carbocycles. The Morgan fingerprint density at radius 1 is 1.56 bits per heavy atom. The SMILES string of the molecule is CC(C)(O)CNC(=O)c1c(F)cccc1Br. The molecule has 1 amide bonds. The molecule has 0 unspecified atom stereocenters. The fourth-order valence-corrected chi connectivity index (χ4v) is 1.62. The molecule has 5 heteroatoms. The van der Waals surface area contributed by atoms with Gasteiger partial charge in [0.2, 0.25) is 0 Å². The lowest BCUT2D eigenvalue weighted by atomic mass is 10.1. The van der Waals surface area contributed by atoms with Crippen LogP contribution < -0.4 is 5.32 Å².